The second-order valence-electron chi connectivity index (χ2n) is 5.26. The quantitative estimate of drug-likeness (QED) is 0.867. The van der Waals surface area contributed by atoms with Gasteiger partial charge in [-0.15, -0.1) is 0 Å². The SMILES string of the molecule is COc1ccccc1[C@@H](C)NC(C)c1ccc(C)cc1. The van der Waals surface area contributed by atoms with Gasteiger partial charge in [-0.3, -0.25) is 0 Å². The summed E-state index contributed by atoms with van der Waals surface area (Å²) in [4.78, 5) is 0. The lowest BCUT2D eigenvalue weighted by molar-refractivity contribution is 0.396. The first kappa shape index (κ1) is 14.6. The number of aryl methyl sites for hydroxylation is 1. The van der Waals surface area contributed by atoms with Gasteiger partial charge < -0.3 is 10.1 Å². The maximum absolute atomic E-state index is 5.43. The van der Waals surface area contributed by atoms with Crippen LogP contribution in [0.3, 0.4) is 0 Å². The standard InChI is InChI=1S/C18H23NO/c1-13-9-11-16(12-10-13)14(2)19-15(3)17-7-5-6-8-18(17)20-4/h5-12,14-15,19H,1-4H3/t14?,15-/m1/s1. The molecule has 0 bridgehead atoms. The van der Waals surface area contributed by atoms with Crippen molar-refractivity contribution < 1.29 is 4.74 Å². The van der Waals surface area contributed by atoms with Crippen molar-refractivity contribution >= 4 is 0 Å². The van der Waals surface area contributed by atoms with Gasteiger partial charge >= 0.3 is 0 Å². The third-order valence-electron chi connectivity index (χ3n) is 3.68. The molecule has 2 aromatic carbocycles. The fourth-order valence-corrected chi connectivity index (χ4v) is 2.44. The van der Waals surface area contributed by atoms with Crippen molar-refractivity contribution in [3.8, 4) is 5.75 Å². The molecule has 0 aromatic heterocycles. The molecule has 0 radical (unpaired) electrons. The van der Waals surface area contributed by atoms with E-state index in [1.54, 1.807) is 7.11 Å². The number of para-hydroxylation sites is 1. The number of nitrogens with one attached hydrogen (secondary N) is 1. The van der Waals surface area contributed by atoms with Gasteiger partial charge in [0.2, 0.25) is 0 Å². The zero-order valence-electron chi connectivity index (χ0n) is 12.7. The molecule has 0 aliphatic rings. The van der Waals surface area contributed by atoms with Crippen LogP contribution in [0.25, 0.3) is 0 Å². The number of ether oxygens (including phenoxy) is 1. The number of methoxy groups -OCH3 is 1. The highest BCUT2D eigenvalue weighted by Crippen LogP contribution is 2.26. The molecule has 2 heteroatoms. The summed E-state index contributed by atoms with van der Waals surface area (Å²) >= 11 is 0. The lowest BCUT2D eigenvalue weighted by Gasteiger charge is -2.22. The Bertz CT molecular complexity index is 548. The maximum atomic E-state index is 5.43. The molecule has 0 heterocycles. The Balaban J connectivity index is 2.10. The number of rotatable bonds is 5. The minimum absolute atomic E-state index is 0.238. The Morgan fingerprint density at radius 3 is 2.20 bits per heavy atom. The van der Waals surface area contributed by atoms with Gasteiger partial charge in [0.15, 0.2) is 0 Å². The van der Waals surface area contributed by atoms with Crippen molar-refractivity contribution in [1.82, 2.24) is 5.32 Å². The molecule has 1 N–H and O–H groups in total. The maximum Gasteiger partial charge on any atom is 0.123 e. The molecule has 2 atom stereocenters. The minimum atomic E-state index is 0.238. The van der Waals surface area contributed by atoms with Crippen molar-refractivity contribution in [1.29, 1.82) is 0 Å². The van der Waals surface area contributed by atoms with Crippen molar-refractivity contribution in [3.63, 3.8) is 0 Å². The molecule has 0 aliphatic heterocycles. The average molecular weight is 269 g/mol. The molecule has 20 heavy (non-hydrogen) atoms. The molecule has 0 aliphatic carbocycles. The average Bonchev–Trinajstić information content (AvgIpc) is 2.47. The van der Waals surface area contributed by atoms with Crippen LogP contribution in [0, 0.1) is 6.92 Å². The first-order valence-electron chi connectivity index (χ1n) is 7.07. The lowest BCUT2D eigenvalue weighted by Crippen LogP contribution is -2.22. The summed E-state index contributed by atoms with van der Waals surface area (Å²) in [5.74, 6) is 0.934. The van der Waals surface area contributed by atoms with E-state index in [0.29, 0.717) is 6.04 Å². The lowest BCUT2D eigenvalue weighted by atomic mass is 10.0. The second kappa shape index (κ2) is 6.58. The van der Waals surface area contributed by atoms with E-state index >= 15 is 0 Å². The zero-order chi connectivity index (χ0) is 14.5. The van der Waals surface area contributed by atoms with Crippen LogP contribution in [0.2, 0.25) is 0 Å². The molecule has 0 saturated carbocycles. The molecule has 0 spiro atoms. The largest absolute Gasteiger partial charge is 0.496 e. The van der Waals surface area contributed by atoms with Gasteiger partial charge in [-0.2, -0.15) is 0 Å². The van der Waals surface area contributed by atoms with Gasteiger partial charge in [0, 0.05) is 17.6 Å². The topological polar surface area (TPSA) is 21.3 Å². The number of hydrogen-bond acceptors (Lipinski definition) is 2. The van der Waals surface area contributed by atoms with E-state index in [4.69, 9.17) is 4.74 Å². The highest BCUT2D eigenvalue weighted by atomic mass is 16.5. The number of hydrogen-bond donors (Lipinski definition) is 1. The molecule has 0 amide bonds. The van der Waals surface area contributed by atoms with Gasteiger partial charge in [0.1, 0.15) is 5.75 Å². The normalized spacial score (nSPS) is 13.8. The summed E-state index contributed by atoms with van der Waals surface area (Å²) in [6, 6.07) is 17.4. The first-order chi connectivity index (χ1) is 9.61. The van der Waals surface area contributed by atoms with E-state index in [9.17, 15) is 0 Å². The Morgan fingerprint density at radius 1 is 0.900 bits per heavy atom. The predicted octanol–water partition coefficient (Wildman–Crippen LogP) is 4.42. The van der Waals surface area contributed by atoms with E-state index in [2.05, 4.69) is 56.4 Å². The fraction of sp³-hybridized carbons (Fsp3) is 0.333. The number of benzene rings is 2. The summed E-state index contributed by atoms with van der Waals surface area (Å²) in [5, 5.41) is 3.63. The predicted molar refractivity (Wildman–Crippen MR) is 84.1 cm³/mol. The molecule has 106 valence electrons. The molecule has 2 aromatic rings. The van der Waals surface area contributed by atoms with Crippen LogP contribution in [0.4, 0.5) is 0 Å². The van der Waals surface area contributed by atoms with Crippen LogP contribution in [0.15, 0.2) is 48.5 Å². The van der Waals surface area contributed by atoms with Crippen LogP contribution in [-0.2, 0) is 0 Å². The van der Waals surface area contributed by atoms with E-state index in [0.717, 1.165) is 5.75 Å². The second-order valence-corrected chi connectivity index (χ2v) is 5.26. The molecule has 0 fully saturated rings. The van der Waals surface area contributed by atoms with Crippen LogP contribution < -0.4 is 10.1 Å². The minimum Gasteiger partial charge on any atom is -0.496 e. The van der Waals surface area contributed by atoms with Crippen molar-refractivity contribution in [2.45, 2.75) is 32.9 Å². The Morgan fingerprint density at radius 2 is 1.55 bits per heavy atom. The van der Waals surface area contributed by atoms with Gasteiger partial charge in [0.25, 0.3) is 0 Å². The van der Waals surface area contributed by atoms with Crippen molar-refractivity contribution in [3.05, 3.63) is 65.2 Å². The molecule has 2 rings (SSSR count). The monoisotopic (exact) mass is 269 g/mol. The van der Waals surface area contributed by atoms with Crippen LogP contribution in [0.5, 0.6) is 5.75 Å². The highest BCUT2D eigenvalue weighted by Gasteiger charge is 2.14. The third kappa shape index (κ3) is 3.40. The summed E-state index contributed by atoms with van der Waals surface area (Å²) in [7, 11) is 1.72. The summed E-state index contributed by atoms with van der Waals surface area (Å²) in [6.07, 6.45) is 0. The molecule has 1 unspecified atom stereocenters. The van der Waals surface area contributed by atoms with Gasteiger partial charge in [-0.25, -0.2) is 0 Å². The van der Waals surface area contributed by atoms with Gasteiger partial charge in [-0.1, -0.05) is 48.0 Å². The Labute approximate surface area is 121 Å². The van der Waals surface area contributed by atoms with Gasteiger partial charge in [-0.05, 0) is 32.4 Å². The molecular formula is C18H23NO. The summed E-state index contributed by atoms with van der Waals surface area (Å²) in [5.41, 5.74) is 3.78. The first-order valence-corrected chi connectivity index (χ1v) is 7.07. The highest BCUT2D eigenvalue weighted by molar-refractivity contribution is 5.36. The fourth-order valence-electron chi connectivity index (χ4n) is 2.44. The summed E-state index contributed by atoms with van der Waals surface area (Å²) < 4.78 is 5.43. The van der Waals surface area contributed by atoms with Crippen molar-refractivity contribution in [2.75, 3.05) is 7.11 Å². The third-order valence-corrected chi connectivity index (χ3v) is 3.68. The Hall–Kier alpha value is -1.80. The van der Waals surface area contributed by atoms with Crippen LogP contribution >= 0.6 is 0 Å². The molecule has 0 saturated heterocycles. The van der Waals surface area contributed by atoms with E-state index in [1.165, 1.54) is 16.7 Å². The van der Waals surface area contributed by atoms with Crippen LogP contribution in [-0.4, -0.2) is 7.11 Å². The van der Waals surface area contributed by atoms with E-state index in [1.807, 2.05) is 18.2 Å². The van der Waals surface area contributed by atoms with Crippen molar-refractivity contribution in [2.24, 2.45) is 0 Å². The van der Waals surface area contributed by atoms with E-state index in [-0.39, 0.29) is 6.04 Å². The van der Waals surface area contributed by atoms with Gasteiger partial charge in [0.05, 0.1) is 7.11 Å². The Kier molecular flexibility index (Phi) is 4.80. The smallest absolute Gasteiger partial charge is 0.123 e. The van der Waals surface area contributed by atoms with E-state index < -0.39 is 0 Å². The summed E-state index contributed by atoms with van der Waals surface area (Å²) in [6.45, 7) is 6.47. The van der Waals surface area contributed by atoms with Crippen LogP contribution in [0.1, 0.15) is 42.6 Å². The molecular weight excluding hydrogens is 246 g/mol. The zero-order valence-corrected chi connectivity index (χ0v) is 12.7. The molecule has 2 nitrogen and oxygen atoms in total.